The van der Waals surface area contributed by atoms with Gasteiger partial charge in [0.15, 0.2) is 0 Å². The zero-order chi connectivity index (χ0) is 11.7. The molecule has 0 aromatic heterocycles. The van der Waals surface area contributed by atoms with Crippen LogP contribution in [0.15, 0.2) is 37.0 Å². The Kier molecular flexibility index (Phi) is 7.28. The Labute approximate surface area is 91.7 Å². The van der Waals surface area contributed by atoms with Gasteiger partial charge in [-0.15, -0.1) is 13.2 Å². The highest BCUT2D eigenvalue weighted by Gasteiger charge is 2.03. The molecule has 0 aliphatic carbocycles. The van der Waals surface area contributed by atoms with E-state index in [-0.39, 0.29) is 5.97 Å². The lowest BCUT2D eigenvalue weighted by atomic mass is 10.2. The van der Waals surface area contributed by atoms with Crippen LogP contribution < -0.4 is 0 Å². The van der Waals surface area contributed by atoms with Gasteiger partial charge in [-0.3, -0.25) is 4.90 Å². The van der Waals surface area contributed by atoms with Crippen LogP contribution in [0.2, 0.25) is 0 Å². The fourth-order valence-corrected chi connectivity index (χ4v) is 1.10. The number of nitrogens with zero attached hydrogens (tertiary/aromatic N) is 1. The van der Waals surface area contributed by atoms with Crippen LogP contribution in [0.4, 0.5) is 0 Å². The number of hydrogen-bond acceptors (Lipinski definition) is 3. The lowest BCUT2D eigenvalue weighted by molar-refractivity contribution is -0.136. The maximum atomic E-state index is 11.1. The van der Waals surface area contributed by atoms with Gasteiger partial charge in [0.25, 0.3) is 0 Å². The number of esters is 1. The first-order valence-electron chi connectivity index (χ1n) is 4.85. The molecular formula is C12H19NO2. The summed E-state index contributed by atoms with van der Waals surface area (Å²) < 4.78 is 4.60. The summed E-state index contributed by atoms with van der Waals surface area (Å²) in [6.07, 6.45) is 5.49. The number of ether oxygens (including phenoxy) is 1. The van der Waals surface area contributed by atoms with E-state index in [4.69, 9.17) is 0 Å². The molecule has 3 heteroatoms. The summed E-state index contributed by atoms with van der Waals surface area (Å²) in [6.45, 7) is 11.3. The first-order valence-corrected chi connectivity index (χ1v) is 4.85. The monoisotopic (exact) mass is 209 g/mol. The number of hydrogen-bond donors (Lipinski definition) is 0. The first kappa shape index (κ1) is 13.7. The minimum atomic E-state index is -0.285. The van der Waals surface area contributed by atoms with Crippen molar-refractivity contribution in [2.45, 2.75) is 6.92 Å². The Bertz CT molecular complexity index is 246. The quantitative estimate of drug-likeness (QED) is 0.363. The molecule has 0 bridgehead atoms. The van der Waals surface area contributed by atoms with Gasteiger partial charge in [0.1, 0.15) is 0 Å². The van der Waals surface area contributed by atoms with Gasteiger partial charge in [0, 0.05) is 25.2 Å². The van der Waals surface area contributed by atoms with Crippen molar-refractivity contribution in [2.24, 2.45) is 0 Å². The van der Waals surface area contributed by atoms with Crippen molar-refractivity contribution in [1.82, 2.24) is 4.90 Å². The van der Waals surface area contributed by atoms with E-state index in [1.165, 1.54) is 7.11 Å². The van der Waals surface area contributed by atoms with Crippen molar-refractivity contribution in [2.75, 3.05) is 26.7 Å². The molecule has 0 saturated carbocycles. The zero-order valence-electron chi connectivity index (χ0n) is 9.53. The highest BCUT2D eigenvalue weighted by molar-refractivity contribution is 5.87. The Morgan fingerprint density at radius 2 is 1.80 bits per heavy atom. The van der Waals surface area contributed by atoms with E-state index in [2.05, 4.69) is 22.8 Å². The molecule has 84 valence electrons. The van der Waals surface area contributed by atoms with Crippen LogP contribution >= 0.6 is 0 Å². The summed E-state index contributed by atoms with van der Waals surface area (Å²) in [6, 6.07) is 0. The Morgan fingerprint density at radius 1 is 1.27 bits per heavy atom. The molecule has 0 aromatic rings. The first-order chi connectivity index (χ1) is 7.15. The van der Waals surface area contributed by atoms with Gasteiger partial charge in [-0.2, -0.15) is 0 Å². The van der Waals surface area contributed by atoms with E-state index < -0.39 is 0 Å². The third kappa shape index (κ3) is 5.86. The number of rotatable bonds is 7. The predicted octanol–water partition coefficient (Wildman–Crippen LogP) is 1.78. The smallest absolute Gasteiger partial charge is 0.333 e. The molecule has 0 spiro atoms. The predicted molar refractivity (Wildman–Crippen MR) is 62.6 cm³/mol. The molecule has 0 unspecified atom stereocenters. The van der Waals surface area contributed by atoms with E-state index in [0.717, 1.165) is 13.1 Å². The van der Waals surface area contributed by atoms with Crippen LogP contribution in [0.25, 0.3) is 0 Å². The second kappa shape index (κ2) is 8.00. The third-order valence-electron chi connectivity index (χ3n) is 1.94. The minimum Gasteiger partial charge on any atom is -0.466 e. The van der Waals surface area contributed by atoms with E-state index >= 15 is 0 Å². The molecular weight excluding hydrogens is 190 g/mol. The largest absolute Gasteiger partial charge is 0.466 e. The molecule has 0 saturated heterocycles. The second-order valence-electron chi connectivity index (χ2n) is 3.17. The summed E-state index contributed by atoms with van der Waals surface area (Å²) in [7, 11) is 1.38. The average molecular weight is 209 g/mol. The summed E-state index contributed by atoms with van der Waals surface area (Å²) >= 11 is 0. The fourth-order valence-electron chi connectivity index (χ4n) is 1.10. The normalized spacial score (nSPS) is 11.3. The van der Waals surface area contributed by atoms with Gasteiger partial charge in [-0.25, -0.2) is 4.79 Å². The Morgan fingerprint density at radius 3 is 2.20 bits per heavy atom. The van der Waals surface area contributed by atoms with E-state index in [1.807, 2.05) is 18.2 Å². The van der Waals surface area contributed by atoms with Gasteiger partial charge >= 0.3 is 5.97 Å². The van der Waals surface area contributed by atoms with Crippen LogP contribution in [0, 0.1) is 0 Å². The van der Waals surface area contributed by atoms with Gasteiger partial charge in [-0.05, 0) is 6.92 Å². The fraction of sp³-hybridized carbons (Fsp3) is 0.417. The molecule has 0 rings (SSSR count). The second-order valence-corrected chi connectivity index (χ2v) is 3.17. The molecule has 0 aliphatic rings. The highest BCUT2D eigenvalue weighted by Crippen LogP contribution is 1.98. The maximum Gasteiger partial charge on any atom is 0.333 e. The van der Waals surface area contributed by atoms with E-state index in [1.54, 1.807) is 6.92 Å². The van der Waals surface area contributed by atoms with Crippen LogP contribution in [-0.2, 0) is 9.53 Å². The summed E-state index contributed by atoms with van der Waals surface area (Å²) in [5.41, 5.74) is 0.621. The van der Waals surface area contributed by atoms with Crippen molar-refractivity contribution in [1.29, 1.82) is 0 Å². The molecule has 0 radical (unpaired) electrons. The van der Waals surface area contributed by atoms with Crippen LogP contribution in [0.1, 0.15) is 6.92 Å². The molecule has 0 N–H and O–H groups in total. The van der Waals surface area contributed by atoms with E-state index in [0.29, 0.717) is 12.1 Å². The summed E-state index contributed by atoms with van der Waals surface area (Å²) in [5, 5.41) is 0. The van der Waals surface area contributed by atoms with Gasteiger partial charge < -0.3 is 4.74 Å². The lowest BCUT2D eigenvalue weighted by Crippen LogP contribution is -2.24. The third-order valence-corrected chi connectivity index (χ3v) is 1.94. The number of carbonyl (C=O) groups excluding carboxylic acids is 1. The molecule has 0 atom stereocenters. The molecule has 0 heterocycles. The van der Waals surface area contributed by atoms with Crippen LogP contribution in [0.5, 0.6) is 0 Å². The van der Waals surface area contributed by atoms with Crippen molar-refractivity contribution >= 4 is 5.97 Å². The standard InChI is InChI=1S/C12H19NO2/c1-5-8-13(9-6-2)10-7-11(3)12(14)15-4/h5-7H,1-2,8-10H2,3-4H3. The average Bonchev–Trinajstić information content (AvgIpc) is 2.25. The van der Waals surface area contributed by atoms with Crippen LogP contribution in [0.3, 0.4) is 0 Å². The highest BCUT2D eigenvalue weighted by atomic mass is 16.5. The molecule has 0 amide bonds. The number of methoxy groups -OCH3 is 1. The molecule has 3 nitrogen and oxygen atoms in total. The summed E-state index contributed by atoms with van der Waals surface area (Å²) in [4.78, 5) is 13.2. The maximum absolute atomic E-state index is 11.1. The SMILES string of the molecule is C=CCN(CC=C)CC=C(C)C(=O)OC. The summed E-state index contributed by atoms with van der Waals surface area (Å²) in [5.74, 6) is -0.285. The minimum absolute atomic E-state index is 0.285. The van der Waals surface area contributed by atoms with Crippen molar-refractivity contribution in [3.63, 3.8) is 0 Å². The number of carbonyl (C=O) groups is 1. The molecule has 15 heavy (non-hydrogen) atoms. The van der Waals surface area contributed by atoms with E-state index in [9.17, 15) is 4.79 Å². The zero-order valence-corrected chi connectivity index (χ0v) is 9.53. The van der Waals surface area contributed by atoms with Crippen molar-refractivity contribution in [3.05, 3.63) is 37.0 Å². The van der Waals surface area contributed by atoms with Gasteiger partial charge in [-0.1, -0.05) is 18.2 Å². The Hall–Kier alpha value is -1.35. The topological polar surface area (TPSA) is 29.5 Å². The van der Waals surface area contributed by atoms with Crippen molar-refractivity contribution in [3.8, 4) is 0 Å². The van der Waals surface area contributed by atoms with Crippen LogP contribution in [-0.4, -0.2) is 37.6 Å². The molecule has 0 aromatic carbocycles. The Balaban J connectivity index is 4.22. The van der Waals surface area contributed by atoms with Gasteiger partial charge in [0.05, 0.1) is 7.11 Å². The van der Waals surface area contributed by atoms with Gasteiger partial charge in [0.2, 0.25) is 0 Å². The molecule has 0 aliphatic heterocycles. The van der Waals surface area contributed by atoms with Crippen molar-refractivity contribution < 1.29 is 9.53 Å². The molecule has 0 fully saturated rings. The lowest BCUT2D eigenvalue weighted by Gasteiger charge is -2.16.